The van der Waals surface area contributed by atoms with Crippen molar-refractivity contribution in [2.24, 2.45) is 0 Å². The Morgan fingerprint density at radius 3 is 2.22 bits per heavy atom. The SMILES string of the molecule is CCCCCC(C)Br.[Zn]. The van der Waals surface area contributed by atoms with Gasteiger partial charge in [-0.25, -0.2) is 0 Å². The van der Waals surface area contributed by atoms with Gasteiger partial charge in [-0.1, -0.05) is 49.0 Å². The van der Waals surface area contributed by atoms with Crippen LogP contribution in [0.25, 0.3) is 0 Å². The van der Waals surface area contributed by atoms with E-state index in [4.69, 9.17) is 0 Å². The molecule has 0 amide bonds. The fourth-order valence-corrected chi connectivity index (χ4v) is 0.999. The first kappa shape index (κ1) is 12.8. The zero-order valence-electron chi connectivity index (χ0n) is 6.49. The molecule has 52 valence electrons. The van der Waals surface area contributed by atoms with E-state index in [-0.39, 0.29) is 19.5 Å². The Morgan fingerprint density at radius 1 is 1.33 bits per heavy atom. The summed E-state index contributed by atoms with van der Waals surface area (Å²) >= 11 is 3.50. The van der Waals surface area contributed by atoms with Crippen LogP contribution in [0.2, 0.25) is 0 Å². The summed E-state index contributed by atoms with van der Waals surface area (Å²) in [5, 5.41) is 0. The second-order valence-corrected chi connectivity index (χ2v) is 3.84. The minimum atomic E-state index is 0. The summed E-state index contributed by atoms with van der Waals surface area (Å²) in [6, 6.07) is 0. The van der Waals surface area contributed by atoms with E-state index >= 15 is 0 Å². The molecular weight excluding hydrogens is 229 g/mol. The molecule has 0 saturated carbocycles. The van der Waals surface area contributed by atoms with Gasteiger partial charge in [0.2, 0.25) is 0 Å². The monoisotopic (exact) mass is 242 g/mol. The van der Waals surface area contributed by atoms with Crippen molar-refractivity contribution in [2.75, 3.05) is 0 Å². The van der Waals surface area contributed by atoms with Crippen molar-refractivity contribution in [2.45, 2.75) is 44.4 Å². The number of halogens is 1. The fraction of sp³-hybridized carbons (Fsp3) is 1.00. The summed E-state index contributed by atoms with van der Waals surface area (Å²) in [6.45, 7) is 4.44. The number of hydrogen-bond donors (Lipinski definition) is 0. The molecule has 0 radical (unpaired) electrons. The molecule has 0 aliphatic carbocycles. The van der Waals surface area contributed by atoms with Gasteiger partial charge < -0.3 is 0 Å². The number of hydrogen-bond acceptors (Lipinski definition) is 0. The van der Waals surface area contributed by atoms with Gasteiger partial charge in [0.1, 0.15) is 0 Å². The average Bonchev–Trinajstić information content (AvgIpc) is 1.66. The first-order chi connectivity index (χ1) is 3.77. The van der Waals surface area contributed by atoms with Crippen molar-refractivity contribution < 1.29 is 19.5 Å². The van der Waals surface area contributed by atoms with Crippen LogP contribution < -0.4 is 0 Å². The Labute approximate surface area is 79.7 Å². The Kier molecular flexibility index (Phi) is 12.9. The Hall–Kier alpha value is 1.10. The molecule has 0 fully saturated rings. The molecule has 0 nitrogen and oxygen atoms in total. The molecule has 0 aromatic rings. The van der Waals surface area contributed by atoms with Crippen LogP contribution in [0.1, 0.15) is 39.5 Å². The van der Waals surface area contributed by atoms with Crippen molar-refractivity contribution in [3.05, 3.63) is 0 Å². The Morgan fingerprint density at radius 2 is 1.89 bits per heavy atom. The quantitative estimate of drug-likeness (QED) is 0.404. The van der Waals surface area contributed by atoms with E-state index in [0.717, 1.165) is 0 Å². The predicted octanol–water partition coefficient (Wildman–Crippen LogP) is 3.35. The predicted molar refractivity (Wildman–Crippen MR) is 42.5 cm³/mol. The largest absolute Gasteiger partial charge is 0.0894 e. The van der Waals surface area contributed by atoms with Crippen molar-refractivity contribution in [1.29, 1.82) is 0 Å². The molecule has 0 bridgehead atoms. The van der Waals surface area contributed by atoms with Crippen LogP contribution in [-0.2, 0) is 19.5 Å². The summed E-state index contributed by atoms with van der Waals surface area (Å²) in [5.74, 6) is 0. The molecule has 0 heterocycles. The molecule has 0 aromatic carbocycles. The molecule has 1 atom stereocenters. The average molecular weight is 244 g/mol. The molecule has 0 aromatic heterocycles. The molecule has 0 aliphatic rings. The molecule has 1 unspecified atom stereocenters. The van der Waals surface area contributed by atoms with Crippen LogP contribution in [0.5, 0.6) is 0 Å². The third kappa shape index (κ3) is 12.3. The second kappa shape index (κ2) is 9.10. The Balaban J connectivity index is 0. The van der Waals surface area contributed by atoms with Crippen molar-refractivity contribution >= 4 is 15.9 Å². The van der Waals surface area contributed by atoms with Gasteiger partial charge in [-0.2, -0.15) is 0 Å². The van der Waals surface area contributed by atoms with Gasteiger partial charge in [0, 0.05) is 24.3 Å². The van der Waals surface area contributed by atoms with Crippen LogP contribution in [0.4, 0.5) is 0 Å². The van der Waals surface area contributed by atoms with Gasteiger partial charge in [-0.15, -0.1) is 0 Å². The second-order valence-electron chi connectivity index (χ2n) is 2.28. The maximum atomic E-state index is 3.50. The number of unbranched alkanes of at least 4 members (excludes halogenated alkanes) is 2. The van der Waals surface area contributed by atoms with Gasteiger partial charge in [0.25, 0.3) is 0 Å². The third-order valence-corrected chi connectivity index (χ3v) is 1.66. The maximum absolute atomic E-state index is 3.50. The van der Waals surface area contributed by atoms with E-state index < -0.39 is 0 Å². The molecule has 0 saturated heterocycles. The topological polar surface area (TPSA) is 0 Å². The minimum Gasteiger partial charge on any atom is -0.0894 e. The summed E-state index contributed by atoms with van der Waals surface area (Å²) in [6.07, 6.45) is 5.42. The van der Waals surface area contributed by atoms with Crippen molar-refractivity contribution in [1.82, 2.24) is 0 Å². The van der Waals surface area contributed by atoms with E-state index in [1.54, 1.807) is 0 Å². The zero-order chi connectivity index (χ0) is 6.41. The normalized spacial score (nSPS) is 12.3. The van der Waals surface area contributed by atoms with Gasteiger partial charge in [0.15, 0.2) is 0 Å². The maximum Gasteiger partial charge on any atom is 0.0117 e. The molecule has 0 spiro atoms. The van der Waals surface area contributed by atoms with E-state index in [0.29, 0.717) is 4.83 Å². The summed E-state index contributed by atoms with van der Waals surface area (Å²) in [4.78, 5) is 0.717. The molecular formula is C7H15BrZn. The third-order valence-electron chi connectivity index (χ3n) is 1.21. The van der Waals surface area contributed by atoms with Gasteiger partial charge in [-0.3, -0.25) is 0 Å². The van der Waals surface area contributed by atoms with E-state index in [9.17, 15) is 0 Å². The molecule has 2 heteroatoms. The molecule has 9 heavy (non-hydrogen) atoms. The minimum absolute atomic E-state index is 0. The zero-order valence-corrected chi connectivity index (χ0v) is 11.0. The van der Waals surface area contributed by atoms with Gasteiger partial charge in [0.05, 0.1) is 0 Å². The van der Waals surface area contributed by atoms with Crippen LogP contribution in [0, 0.1) is 0 Å². The number of rotatable bonds is 4. The van der Waals surface area contributed by atoms with Crippen LogP contribution in [-0.4, -0.2) is 4.83 Å². The smallest absolute Gasteiger partial charge is 0.0117 e. The van der Waals surface area contributed by atoms with Gasteiger partial charge >= 0.3 is 0 Å². The van der Waals surface area contributed by atoms with Crippen LogP contribution >= 0.6 is 15.9 Å². The summed E-state index contributed by atoms with van der Waals surface area (Å²) in [5.41, 5.74) is 0. The first-order valence-electron chi connectivity index (χ1n) is 3.41. The summed E-state index contributed by atoms with van der Waals surface area (Å²) < 4.78 is 0. The molecule has 0 N–H and O–H groups in total. The Bertz CT molecular complexity index is 46.2. The summed E-state index contributed by atoms with van der Waals surface area (Å²) in [7, 11) is 0. The van der Waals surface area contributed by atoms with E-state index in [1.165, 1.54) is 25.7 Å². The molecule has 0 rings (SSSR count). The fourth-order valence-electron chi connectivity index (χ4n) is 0.676. The van der Waals surface area contributed by atoms with Crippen LogP contribution in [0.15, 0.2) is 0 Å². The van der Waals surface area contributed by atoms with Gasteiger partial charge in [-0.05, 0) is 6.42 Å². The van der Waals surface area contributed by atoms with E-state index in [1.807, 2.05) is 0 Å². The number of alkyl halides is 1. The van der Waals surface area contributed by atoms with Crippen molar-refractivity contribution in [3.63, 3.8) is 0 Å². The standard InChI is InChI=1S/C7H15Br.Zn/c1-3-4-5-6-7(2)8;/h7H,3-6H2,1-2H3;. The van der Waals surface area contributed by atoms with E-state index in [2.05, 4.69) is 29.8 Å². The molecule has 0 aliphatic heterocycles. The van der Waals surface area contributed by atoms with Crippen LogP contribution in [0.3, 0.4) is 0 Å². The first-order valence-corrected chi connectivity index (χ1v) is 4.33. The van der Waals surface area contributed by atoms with Crippen molar-refractivity contribution in [3.8, 4) is 0 Å².